The molecule has 0 fully saturated rings. The maximum Gasteiger partial charge on any atom is 0.0827 e. The van der Waals surface area contributed by atoms with Gasteiger partial charge in [-0.05, 0) is 30.5 Å². The van der Waals surface area contributed by atoms with Crippen LogP contribution >= 0.6 is 11.6 Å². The fraction of sp³-hybridized carbons (Fsp3) is 0.267. The van der Waals surface area contributed by atoms with Crippen molar-refractivity contribution in [2.75, 3.05) is 5.88 Å². The standard InChI is InChI=1S/C15H15ClN4/c16-8-3-4-13-11-20(19-18-13)10-12-7-9-17-15-6-2-1-5-14(12)15/h1-2,5-7,9,11H,3-4,8,10H2. The van der Waals surface area contributed by atoms with E-state index < -0.39 is 0 Å². The Morgan fingerprint density at radius 3 is 2.95 bits per heavy atom. The van der Waals surface area contributed by atoms with Gasteiger partial charge in [-0.25, -0.2) is 4.68 Å². The van der Waals surface area contributed by atoms with Crippen LogP contribution in [0, 0.1) is 0 Å². The van der Waals surface area contributed by atoms with E-state index in [0.29, 0.717) is 12.4 Å². The summed E-state index contributed by atoms with van der Waals surface area (Å²) in [6.45, 7) is 0.705. The Labute approximate surface area is 122 Å². The highest BCUT2D eigenvalue weighted by atomic mass is 35.5. The van der Waals surface area contributed by atoms with Gasteiger partial charge in [0.1, 0.15) is 0 Å². The van der Waals surface area contributed by atoms with Crippen molar-refractivity contribution >= 4 is 22.5 Å². The van der Waals surface area contributed by atoms with Crippen LogP contribution in [-0.2, 0) is 13.0 Å². The average Bonchev–Trinajstić information content (AvgIpc) is 2.93. The van der Waals surface area contributed by atoms with Gasteiger partial charge < -0.3 is 0 Å². The Morgan fingerprint density at radius 2 is 2.05 bits per heavy atom. The molecule has 0 N–H and O–H groups in total. The summed E-state index contributed by atoms with van der Waals surface area (Å²) in [4.78, 5) is 4.37. The highest BCUT2D eigenvalue weighted by Gasteiger charge is 2.05. The van der Waals surface area contributed by atoms with E-state index in [1.54, 1.807) is 0 Å². The van der Waals surface area contributed by atoms with Crippen molar-refractivity contribution in [3.63, 3.8) is 0 Å². The summed E-state index contributed by atoms with van der Waals surface area (Å²) in [5.41, 5.74) is 3.20. The fourth-order valence-electron chi connectivity index (χ4n) is 2.25. The van der Waals surface area contributed by atoms with E-state index in [1.165, 1.54) is 5.56 Å². The average molecular weight is 287 g/mol. The van der Waals surface area contributed by atoms with Gasteiger partial charge in [0.05, 0.1) is 17.8 Å². The Morgan fingerprint density at radius 1 is 1.15 bits per heavy atom. The van der Waals surface area contributed by atoms with E-state index in [2.05, 4.69) is 21.4 Å². The Hall–Kier alpha value is -1.94. The molecule has 2 heterocycles. The van der Waals surface area contributed by atoms with Crippen LogP contribution in [0.2, 0.25) is 0 Å². The van der Waals surface area contributed by atoms with Gasteiger partial charge in [0, 0.05) is 23.7 Å². The molecule has 5 heteroatoms. The third-order valence-corrected chi connectivity index (χ3v) is 3.49. The van der Waals surface area contributed by atoms with Crippen LogP contribution in [0.3, 0.4) is 0 Å². The number of hydrogen-bond donors (Lipinski definition) is 0. The largest absolute Gasteiger partial charge is 0.256 e. The zero-order valence-corrected chi connectivity index (χ0v) is 11.8. The number of alkyl halides is 1. The van der Waals surface area contributed by atoms with Crippen molar-refractivity contribution in [1.82, 2.24) is 20.0 Å². The van der Waals surface area contributed by atoms with Crippen molar-refractivity contribution in [2.45, 2.75) is 19.4 Å². The van der Waals surface area contributed by atoms with Gasteiger partial charge in [0.25, 0.3) is 0 Å². The second-order valence-electron chi connectivity index (χ2n) is 4.69. The molecule has 0 aliphatic rings. The molecule has 0 unspecified atom stereocenters. The lowest BCUT2D eigenvalue weighted by atomic mass is 10.1. The number of rotatable bonds is 5. The lowest BCUT2D eigenvalue weighted by Gasteiger charge is -2.05. The van der Waals surface area contributed by atoms with E-state index in [0.717, 1.165) is 29.4 Å². The van der Waals surface area contributed by atoms with Crippen LogP contribution in [0.15, 0.2) is 42.7 Å². The summed E-state index contributed by atoms with van der Waals surface area (Å²) in [5, 5.41) is 9.50. The zero-order chi connectivity index (χ0) is 13.8. The third kappa shape index (κ3) is 2.80. The SMILES string of the molecule is ClCCCc1cn(Cc2ccnc3ccccc23)nn1. The Kier molecular flexibility index (Phi) is 3.92. The number of aromatic nitrogens is 4. The third-order valence-electron chi connectivity index (χ3n) is 3.22. The number of halogens is 1. The number of hydrogen-bond acceptors (Lipinski definition) is 3. The molecule has 0 saturated heterocycles. The van der Waals surface area contributed by atoms with E-state index >= 15 is 0 Å². The summed E-state index contributed by atoms with van der Waals surface area (Å²) < 4.78 is 1.87. The normalized spacial score (nSPS) is 11.1. The molecule has 0 bridgehead atoms. The van der Waals surface area contributed by atoms with E-state index in [9.17, 15) is 0 Å². The highest BCUT2D eigenvalue weighted by Crippen LogP contribution is 2.17. The second kappa shape index (κ2) is 6.01. The first-order chi connectivity index (χ1) is 9.86. The predicted molar refractivity (Wildman–Crippen MR) is 79.9 cm³/mol. The summed E-state index contributed by atoms with van der Waals surface area (Å²) in [5.74, 6) is 0.655. The molecule has 0 radical (unpaired) electrons. The van der Waals surface area contributed by atoms with Gasteiger partial charge in [0.2, 0.25) is 0 Å². The van der Waals surface area contributed by atoms with E-state index in [-0.39, 0.29) is 0 Å². The van der Waals surface area contributed by atoms with Gasteiger partial charge in [0.15, 0.2) is 0 Å². The summed E-state index contributed by atoms with van der Waals surface area (Å²) in [6, 6.07) is 10.2. The van der Waals surface area contributed by atoms with E-state index in [4.69, 9.17) is 11.6 Å². The Bertz CT molecular complexity index is 702. The number of pyridine rings is 1. The first-order valence-electron chi connectivity index (χ1n) is 6.64. The Balaban J connectivity index is 1.84. The molecule has 0 aliphatic heterocycles. The van der Waals surface area contributed by atoms with Gasteiger partial charge in [-0.15, -0.1) is 16.7 Å². The molecule has 1 aromatic carbocycles. The minimum Gasteiger partial charge on any atom is -0.256 e. The highest BCUT2D eigenvalue weighted by molar-refractivity contribution is 6.17. The molecule has 0 aliphatic carbocycles. The molecule has 0 atom stereocenters. The van der Waals surface area contributed by atoms with Crippen molar-refractivity contribution in [1.29, 1.82) is 0 Å². The second-order valence-corrected chi connectivity index (χ2v) is 5.07. The van der Waals surface area contributed by atoms with Gasteiger partial charge in [-0.2, -0.15) is 0 Å². The molecular weight excluding hydrogens is 272 g/mol. The molecule has 3 rings (SSSR count). The maximum absolute atomic E-state index is 5.69. The van der Waals surface area contributed by atoms with Crippen LogP contribution in [-0.4, -0.2) is 25.9 Å². The monoisotopic (exact) mass is 286 g/mol. The lowest BCUT2D eigenvalue weighted by molar-refractivity contribution is 0.651. The van der Waals surface area contributed by atoms with Crippen molar-refractivity contribution in [3.8, 4) is 0 Å². The summed E-state index contributed by atoms with van der Waals surface area (Å²) in [6.07, 6.45) is 5.63. The van der Waals surface area contributed by atoms with Crippen LogP contribution in [0.5, 0.6) is 0 Å². The first kappa shape index (κ1) is 13.1. The fourth-order valence-corrected chi connectivity index (χ4v) is 2.38. The smallest absolute Gasteiger partial charge is 0.0827 e. The molecule has 4 nitrogen and oxygen atoms in total. The molecule has 102 valence electrons. The molecule has 0 amide bonds. The molecule has 2 aromatic heterocycles. The lowest BCUT2D eigenvalue weighted by Crippen LogP contribution is -2.01. The molecule has 20 heavy (non-hydrogen) atoms. The maximum atomic E-state index is 5.69. The predicted octanol–water partition coefficient (Wildman–Crippen LogP) is 3.05. The number of para-hydroxylation sites is 1. The van der Waals surface area contributed by atoms with Crippen LogP contribution < -0.4 is 0 Å². The summed E-state index contributed by atoms with van der Waals surface area (Å²) in [7, 11) is 0. The van der Waals surface area contributed by atoms with Gasteiger partial charge in [-0.1, -0.05) is 23.4 Å². The molecular formula is C15H15ClN4. The van der Waals surface area contributed by atoms with Crippen LogP contribution in [0.1, 0.15) is 17.7 Å². The minimum atomic E-state index is 0.655. The van der Waals surface area contributed by atoms with Gasteiger partial charge >= 0.3 is 0 Å². The topological polar surface area (TPSA) is 43.6 Å². The minimum absolute atomic E-state index is 0.655. The van der Waals surface area contributed by atoms with Crippen LogP contribution in [0.25, 0.3) is 10.9 Å². The number of benzene rings is 1. The van der Waals surface area contributed by atoms with Gasteiger partial charge in [-0.3, -0.25) is 4.98 Å². The quantitative estimate of drug-likeness (QED) is 0.677. The molecule has 0 spiro atoms. The first-order valence-corrected chi connectivity index (χ1v) is 7.18. The van der Waals surface area contributed by atoms with Crippen molar-refractivity contribution < 1.29 is 0 Å². The molecule has 0 saturated carbocycles. The zero-order valence-electron chi connectivity index (χ0n) is 11.0. The van der Waals surface area contributed by atoms with Crippen molar-refractivity contribution in [2.24, 2.45) is 0 Å². The van der Waals surface area contributed by atoms with Crippen molar-refractivity contribution in [3.05, 3.63) is 54.0 Å². The number of fused-ring (bicyclic) bond motifs is 1. The van der Waals surface area contributed by atoms with E-state index in [1.807, 2.05) is 41.3 Å². The summed E-state index contributed by atoms with van der Waals surface area (Å²) >= 11 is 5.69. The van der Waals surface area contributed by atoms with Crippen LogP contribution in [0.4, 0.5) is 0 Å². The number of aryl methyl sites for hydroxylation is 1. The number of nitrogens with zero attached hydrogens (tertiary/aromatic N) is 4. The molecule has 3 aromatic rings.